The molecule has 0 saturated carbocycles. The third kappa shape index (κ3) is 4.43. The number of allylic oxidation sites excluding steroid dienone is 1. The molecule has 0 spiro atoms. The van der Waals surface area contributed by atoms with E-state index in [-0.39, 0.29) is 0 Å². The molecule has 0 atom stereocenters. The lowest BCUT2D eigenvalue weighted by molar-refractivity contribution is 0.722. The second kappa shape index (κ2) is 9.00. The van der Waals surface area contributed by atoms with Crippen LogP contribution in [0.4, 0.5) is 0 Å². The Morgan fingerprint density at radius 3 is 2.61 bits per heavy atom. The normalized spacial score (nSPS) is 12.4. The van der Waals surface area contributed by atoms with Crippen LogP contribution in [0.5, 0.6) is 0 Å². The second-order valence-corrected chi connectivity index (χ2v) is 7.80. The van der Waals surface area contributed by atoms with Gasteiger partial charge in [-0.25, -0.2) is 4.79 Å². The quantitative estimate of drug-likeness (QED) is 0.330. The van der Waals surface area contributed by atoms with E-state index >= 15 is 0 Å². The van der Waals surface area contributed by atoms with Crippen LogP contribution in [0.1, 0.15) is 43.7 Å². The first-order chi connectivity index (χ1) is 15.1. The van der Waals surface area contributed by atoms with Gasteiger partial charge in [-0.05, 0) is 43.0 Å². The van der Waals surface area contributed by atoms with Gasteiger partial charge in [-0.15, -0.1) is 4.68 Å². The summed E-state index contributed by atoms with van der Waals surface area (Å²) in [4.78, 5) is 31.6. The Bertz CT molecular complexity index is 1390. The largest absolute Gasteiger partial charge is 0.350 e. The van der Waals surface area contributed by atoms with Crippen LogP contribution < -0.4 is 11.2 Å². The number of benzene rings is 2. The Morgan fingerprint density at radius 1 is 1.03 bits per heavy atom. The molecule has 6 heteroatoms. The van der Waals surface area contributed by atoms with Crippen molar-refractivity contribution in [1.29, 1.82) is 0 Å². The van der Waals surface area contributed by atoms with Crippen molar-refractivity contribution in [3.8, 4) is 0 Å². The van der Waals surface area contributed by atoms with Crippen molar-refractivity contribution < 1.29 is 0 Å². The van der Waals surface area contributed by atoms with E-state index in [1.165, 1.54) is 0 Å². The zero-order valence-electron chi connectivity index (χ0n) is 17.8. The van der Waals surface area contributed by atoms with Gasteiger partial charge in [-0.3, -0.25) is 4.79 Å². The predicted octanol–water partition coefficient (Wildman–Crippen LogP) is 4.98. The number of fused-ring (bicyclic) bond motifs is 3. The molecule has 2 N–H and O–H groups in total. The molecule has 158 valence electrons. The van der Waals surface area contributed by atoms with E-state index in [4.69, 9.17) is 0 Å². The van der Waals surface area contributed by atoms with Gasteiger partial charge in [0, 0.05) is 10.9 Å². The summed E-state index contributed by atoms with van der Waals surface area (Å²) in [6, 6.07) is 15.8. The van der Waals surface area contributed by atoms with E-state index in [0.29, 0.717) is 11.0 Å². The predicted molar refractivity (Wildman–Crippen MR) is 128 cm³/mol. The zero-order chi connectivity index (χ0) is 21.8. The van der Waals surface area contributed by atoms with Crippen LogP contribution in [0.25, 0.3) is 28.0 Å². The Labute approximate surface area is 179 Å². The van der Waals surface area contributed by atoms with Crippen molar-refractivity contribution in [1.82, 2.24) is 14.6 Å². The second-order valence-electron chi connectivity index (χ2n) is 7.80. The molecular weight excluding hydrogens is 388 g/mol. The summed E-state index contributed by atoms with van der Waals surface area (Å²) in [5.41, 5.74) is 3.74. The molecule has 0 bridgehead atoms. The van der Waals surface area contributed by atoms with Gasteiger partial charge >= 0.3 is 11.2 Å². The molecule has 2 aromatic carbocycles. The van der Waals surface area contributed by atoms with Crippen LogP contribution in [0, 0.1) is 6.92 Å². The van der Waals surface area contributed by atoms with E-state index in [1.807, 2.05) is 61.5 Å². The first-order valence-electron chi connectivity index (χ1n) is 10.6. The number of aromatic amines is 2. The molecule has 0 unspecified atom stereocenters. The van der Waals surface area contributed by atoms with Crippen molar-refractivity contribution in [3.05, 3.63) is 86.1 Å². The van der Waals surface area contributed by atoms with Crippen molar-refractivity contribution in [2.75, 3.05) is 0 Å². The Morgan fingerprint density at radius 2 is 1.84 bits per heavy atom. The maximum Gasteiger partial charge on any atom is 0.350 e. The molecular formula is C25H26N4O2. The van der Waals surface area contributed by atoms with Gasteiger partial charge < -0.3 is 9.97 Å². The summed E-state index contributed by atoms with van der Waals surface area (Å²) >= 11 is 0. The number of hydrogen-bond acceptors (Lipinski definition) is 3. The molecule has 0 amide bonds. The molecule has 0 aliphatic carbocycles. The molecule has 4 aromatic rings. The van der Waals surface area contributed by atoms with Crippen LogP contribution in [0.3, 0.4) is 0 Å². The molecule has 2 heterocycles. The summed E-state index contributed by atoms with van der Waals surface area (Å²) in [7, 11) is 0. The van der Waals surface area contributed by atoms with Crippen LogP contribution in [-0.4, -0.2) is 20.9 Å². The maximum atomic E-state index is 13.0. The third-order valence-electron chi connectivity index (χ3n) is 5.34. The first-order valence-corrected chi connectivity index (χ1v) is 10.6. The third-order valence-corrected chi connectivity index (χ3v) is 5.34. The number of H-pyrrole nitrogens is 2. The highest BCUT2D eigenvalue weighted by Gasteiger charge is 2.12. The lowest BCUT2D eigenvalue weighted by atomic mass is 10.1. The van der Waals surface area contributed by atoms with E-state index in [9.17, 15) is 9.59 Å². The minimum Gasteiger partial charge on any atom is -0.349 e. The summed E-state index contributed by atoms with van der Waals surface area (Å²) in [5, 5.41) is 5.09. The average molecular weight is 415 g/mol. The van der Waals surface area contributed by atoms with E-state index in [1.54, 1.807) is 6.21 Å². The Kier molecular flexibility index (Phi) is 5.98. The van der Waals surface area contributed by atoms with Gasteiger partial charge in [0.05, 0.1) is 11.7 Å². The molecule has 0 radical (unpaired) electrons. The number of nitrogens with one attached hydrogen (secondary N) is 2. The van der Waals surface area contributed by atoms with Crippen LogP contribution in [0.15, 0.2) is 68.8 Å². The minimum absolute atomic E-state index is 0.344. The van der Waals surface area contributed by atoms with Crippen molar-refractivity contribution >= 4 is 34.2 Å². The zero-order valence-corrected chi connectivity index (χ0v) is 17.8. The number of rotatable bonds is 7. The first kappa shape index (κ1) is 20.6. The fourth-order valence-corrected chi connectivity index (χ4v) is 3.71. The highest BCUT2D eigenvalue weighted by Crippen LogP contribution is 2.21. The molecule has 6 nitrogen and oxygen atoms in total. The number of nitrogens with zero attached hydrogens (tertiary/aromatic N) is 2. The maximum absolute atomic E-state index is 13.0. The fourth-order valence-electron chi connectivity index (χ4n) is 3.71. The van der Waals surface area contributed by atoms with E-state index in [0.717, 1.165) is 58.0 Å². The molecule has 0 aliphatic rings. The number of hydrogen-bond donors (Lipinski definition) is 2. The van der Waals surface area contributed by atoms with Gasteiger partial charge in [0.2, 0.25) is 0 Å². The van der Waals surface area contributed by atoms with Crippen LogP contribution >= 0.6 is 0 Å². The smallest absolute Gasteiger partial charge is 0.349 e. The topological polar surface area (TPSA) is 83.0 Å². The standard InChI is InChI=1S/C25H26N4O2/c1-3-4-6-11-19(15-18-9-7-5-8-10-18)16-26-29-24(30)23-22(28-25(29)31)20-14-17(2)12-13-21(20)27-23/h5,7-10,12-16,27H,3-4,6,11H2,1-2H3,(H,28,31)/b19-15-,26-16-. The fraction of sp³-hybridized carbons (Fsp3) is 0.240. The average Bonchev–Trinajstić information content (AvgIpc) is 3.12. The van der Waals surface area contributed by atoms with Crippen LogP contribution in [0.2, 0.25) is 0 Å². The molecule has 31 heavy (non-hydrogen) atoms. The van der Waals surface area contributed by atoms with Crippen molar-refractivity contribution in [2.24, 2.45) is 5.10 Å². The highest BCUT2D eigenvalue weighted by atomic mass is 16.2. The van der Waals surface area contributed by atoms with E-state index < -0.39 is 11.2 Å². The van der Waals surface area contributed by atoms with Gasteiger partial charge in [0.25, 0.3) is 0 Å². The molecule has 4 rings (SSSR count). The highest BCUT2D eigenvalue weighted by molar-refractivity contribution is 6.04. The van der Waals surface area contributed by atoms with Crippen molar-refractivity contribution in [2.45, 2.75) is 39.5 Å². The number of unbranched alkanes of at least 4 members (excludes halogenated alkanes) is 2. The lowest BCUT2D eigenvalue weighted by Gasteiger charge is -2.03. The van der Waals surface area contributed by atoms with Gasteiger partial charge in [-0.1, -0.05) is 67.8 Å². The van der Waals surface area contributed by atoms with Gasteiger partial charge in [-0.2, -0.15) is 5.10 Å². The summed E-state index contributed by atoms with van der Waals surface area (Å²) < 4.78 is 0.892. The van der Waals surface area contributed by atoms with E-state index in [2.05, 4.69) is 22.0 Å². The number of aromatic nitrogens is 3. The summed E-state index contributed by atoms with van der Waals surface area (Å²) in [6.07, 6.45) is 7.74. The summed E-state index contributed by atoms with van der Waals surface area (Å²) in [6.45, 7) is 4.13. The lowest BCUT2D eigenvalue weighted by Crippen LogP contribution is -2.32. The monoisotopic (exact) mass is 414 g/mol. The minimum atomic E-state index is -0.552. The molecule has 0 fully saturated rings. The number of aryl methyl sites for hydroxylation is 1. The van der Waals surface area contributed by atoms with Gasteiger partial charge in [0.15, 0.2) is 0 Å². The molecule has 0 saturated heterocycles. The molecule has 2 aromatic heterocycles. The Balaban J connectivity index is 1.76. The summed E-state index contributed by atoms with van der Waals surface area (Å²) in [5.74, 6) is 0. The van der Waals surface area contributed by atoms with Gasteiger partial charge in [0.1, 0.15) is 5.52 Å². The Hall–Kier alpha value is -3.67. The SMILES string of the molecule is CCCCCC(/C=N\n1c(=O)[nH]c2c([nH]c3ccc(C)cc32)c1=O)=C/c1ccccc1. The van der Waals surface area contributed by atoms with Crippen molar-refractivity contribution in [3.63, 3.8) is 0 Å². The molecule has 0 aliphatic heterocycles. The van der Waals surface area contributed by atoms with Crippen LogP contribution in [-0.2, 0) is 0 Å².